The molecule has 0 bridgehead atoms. The summed E-state index contributed by atoms with van der Waals surface area (Å²) in [7, 11) is 0.711. The molecule has 0 amide bonds. The van der Waals surface area contributed by atoms with Crippen molar-refractivity contribution in [1.82, 2.24) is 0 Å². The summed E-state index contributed by atoms with van der Waals surface area (Å²) in [4.78, 5) is 0. The maximum Gasteiger partial charge on any atom is 0.120 e. The van der Waals surface area contributed by atoms with Crippen LogP contribution < -0.4 is 4.74 Å². The van der Waals surface area contributed by atoms with Crippen LogP contribution in [0.4, 0.5) is 0 Å². The van der Waals surface area contributed by atoms with Crippen molar-refractivity contribution in [2.45, 2.75) is 31.1 Å². The lowest BCUT2D eigenvalue weighted by Gasteiger charge is -2.10. The van der Waals surface area contributed by atoms with Crippen LogP contribution in [-0.4, -0.2) is 29.8 Å². The molecule has 2 atom stereocenters. The van der Waals surface area contributed by atoms with Gasteiger partial charge in [-0.15, -0.1) is 0 Å². The molecule has 0 unspecified atom stereocenters. The number of rotatable bonds is 6. The highest BCUT2D eigenvalue weighted by Gasteiger charge is 2.16. The average Bonchev–Trinajstić information content (AvgIpc) is 2.92. The molecule has 0 saturated carbocycles. The largest absolute Gasteiger partial charge is 0.497 e. The first-order valence-electron chi connectivity index (χ1n) is 6.48. The highest BCUT2D eigenvalue weighted by atomic mass is 35.5. The van der Waals surface area contributed by atoms with Crippen LogP contribution in [-0.2, 0) is 21.3 Å². The van der Waals surface area contributed by atoms with Crippen molar-refractivity contribution in [2.24, 2.45) is 0 Å². The Morgan fingerprint density at radius 3 is 3.00 bits per heavy atom. The molecule has 1 aliphatic rings. The summed E-state index contributed by atoms with van der Waals surface area (Å²) < 4.78 is 22.7. The SMILES string of the molecule is COc1ccc(C[S@](=O)CC[C@H]2CCCO2)c(Cl)c1. The van der Waals surface area contributed by atoms with Crippen molar-refractivity contribution >= 4 is 22.4 Å². The minimum absolute atomic E-state index is 0.301. The number of benzene rings is 1. The van der Waals surface area contributed by atoms with E-state index in [0.717, 1.165) is 37.2 Å². The zero-order valence-corrected chi connectivity index (χ0v) is 12.6. The molecule has 1 saturated heterocycles. The first-order valence-corrected chi connectivity index (χ1v) is 8.34. The maximum atomic E-state index is 12.0. The monoisotopic (exact) mass is 302 g/mol. The van der Waals surface area contributed by atoms with Crippen molar-refractivity contribution < 1.29 is 13.7 Å². The molecular formula is C14H19ClO3S. The molecule has 0 aliphatic carbocycles. The lowest BCUT2D eigenvalue weighted by Crippen LogP contribution is -2.11. The van der Waals surface area contributed by atoms with Crippen LogP contribution in [0, 0.1) is 0 Å². The standard InChI is InChI=1S/C14H19ClO3S/c1-17-13-5-4-11(14(15)9-13)10-19(16)8-6-12-3-2-7-18-12/h4-5,9,12H,2-3,6-8,10H2,1H3/t12-,19-/m1/s1. The van der Waals surface area contributed by atoms with Gasteiger partial charge < -0.3 is 9.47 Å². The molecule has 2 rings (SSSR count). The van der Waals surface area contributed by atoms with Crippen LogP contribution in [0.15, 0.2) is 18.2 Å². The van der Waals surface area contributed by atoms with E-state index < -0.39 is 10.8 Å². The van der Waals surface area contributed by atoms with Gasteiger partial charge in [0.25, 0.3) is 0 Å². The van der Waals surface area contributed by atoms with Crippen LogP contribution >= 0.6 is 11.6 Å². The van der Waals surface area contributed by atoms with Gasteiger partial charge in [0.1, 0.15) is 5.75 Å². The summed E-state index contributed by atoms with van der Waals surface area (Å²) in [6.45, 7) is 0.849. The van der Waals surface area contributed by atoms with E-state index in [1.165, 1.54) is 0 Å². The Bertz CT molecular complexity index is 444. The molecule has 0 spiro atoms. The summed E-state index contributed by atoms with van der Waals surface area (Å²) >= 11 is 6.14. The number of ether oxygens (including phenoxy) is 2. The molecule has 5 heteroatoms. The van der Waals surface area contributed by atoms with Gasteiger partial charge in [0.05, 0.1) is 13.2 Å². The second kappa shape index (κ2) is 7.27. The summed E-state index contributed by atoms with van der Waals surface area (Å²) in [5, 5.41) is 0.616. The van der Waals surface area contributed by atoms with Crippen molar-refractivity contribution in [3.63, 3.8) is 0 Å². The second-order valence-electron chi connectivity index (χ2n) is 4.67. The Hall–Kier alpha value is -0.580. The molecule has 1 heterocycles. The van der Waals surface area contributed by atoms with Gasteiger partial charge in [-0.1, -0.05) is 17.7 Å². The third-order valence-corrected chi connectivity index (χ3v) is 4.94. The van der Waals surface area contributed by atoms with Gasteiger partial charge in [-0.3, -0.25) is 4.21 Å². The normalized spacial score (nSPS) is 20.4. The lowest BCUT2D eigenvalue weighted by atomic mass is 10.2. The zero-order valence-electron chi connectivity index (χ0n) is 11.1. The Morgan fingerprint density at radius 2 is 2.37 bits per heavy atom. The Labute approximate surface area is 121 Å². The predicted molar refractivity (Wildman–Crippen MR) is 78.3 cm³/mol. The fourth-order valence-electron chi connectivity index (χ4n) is 2.15. The van der Waals surface area contributed by atoms with Gasteiger partial charge >= 0.3 is 0 Å². The Kier molecular flexibility index (Phi) is 5.67. The molecule has 0 aromatic heterocycles. The van der Waals surface area contributed by atoms with E-state index in [4.69, 9.17) is 21.1 Å². The molecule has 0 N–H and O–H groups in total. The third kappa shape index (κ3) is 4.48. The van der Waals surface area contributed by atoms with Crippen LogP contribution in [0.5, 0.6) is 5.75 Å². The molecule has 1 aromatic rings. The lowest BCUT2D eigenvalue weighted by molar-refractivity contribution is 0.109. The second-order valence-corrected chi connectivity index (χ2v) is 6.65. The predicted octanol–water partition coefficient (Wildman–Crippen LogP) is 3.17. The first kappa shape index (κ1) is 14.8. The average molecular weight is 303 g/mol. The van der Waals surface area contributed by atoms with E-state index in [1.807, 2.05) is 12.1 Å². The van der Waals surface area contributed by atoms with Crippen LogP contribution in [0.1, 0.15) is 24.8 Å². The minimum atomic E-state index is -0.891. The van der Waals surface area contributed by atoms with Gasteiger partial charge in [-0.05, 0) is 37.0 Å². The van der Waals surface area contributed by atoms with Crippen molar-refractivity contribution in [3.8, 4) is 5.75 Å². The summed E-state index contributed by atoms with van der Waals surface area (Å²) in [5.74, 6) is 1.89. The van der Waals surface area contributed by atoms with Crippen LogP contribution in [0.25, 0.3) is 0 Å². The van der Waals surface area contributed by atoms with E-state index in [1.54, 1.807) is 13.2 Å². The van der Waals surface area contributed by atoms with Gasteiger partial charge in [0, 0.05) is 33.9 Å². The number of hydrogen-bond acceptors (Lipinski definition) is 3. The molecule has 19 heavy (non-hydrogen) atoms. The molecule has 1 aliphatic heterocycles. The molecule has 106 valence electrons. The summed E-state index contributed by atoms with van der Waals surface area (Å²) in [6.07, 6.45) is 3.40. The molecule has 1 aromatic carbocycles. The van der Waals surface area contributed by atoms with Crippen molar-refractivity contribution in [1.29, 1.82) is 0 Å². The molecular weight excluding hydrogens is 284 g/mol. The Morgan fingerprint density at radius 1 is 1.53 bits per heavy atom. The fourth-order valence-corrected chi connectivity index (χ4v) is 3.74. The smallest absolute Gasteiger partial charge is 0.120 e. The van der Waals surface area contributed by atoms with E-state index in [9.17, 15) is 4.21 Å². The van der Waals surface area contributed by atoms with Crippen molar-refractivity contribution in [3.05, 3.63) is 28.8 Å². The van der Waals surface area contributed by atoms with E-state index in [-0.39, 0.29) is 0 Å². The van der Waals surface area contributed by atoms with Gasteiger partial charge in [0.2, 0.25) is 0 Å². The molecule has 1 fully saturated rings. The molecule has 3 nitrogen and oxygen atoms in total. The number of halogens is 1. The quantitative estimate of drug-likeness (QED) is 0.810. The minimum Gasteiger partial charge on any atom is -0.497 e. The Balaban J connectivity index is 1.84. The van der Waals surface area contributed by atoms with E-state index in [2.05, 4.69) is 0 Å². The highest BCUT2D eigenvalue weighted by molar-refractivity contribution is 7.84. The highest BCUT2D eigenvalue weighted by Crippen LogP contribution is 2.24. The number of methoxy groups -OCH3 is 1. The molecule has 0 radical (unpaired) electrons. The van der Waals surface area contributed by atoms with Crippen LogP contribution in [0.3, 0.4) is 0 Å². The third-order valence-electron chi connectivity index (χ3n) is 3.27. The van der Waals surface area contributed by atoms with E-state index >= 15 is 0 Å². The number of hydrogen-bond donors (Lipinski definition) is 0. The van der Waals surface area contributed by atoms with Crippen molar-refractivity contribution in [2.75, 3.05) is 19.5 Å². The summed E-state index contributed by atoms with van der Waals surface area (Å²) in [5.41, 5.74) is 0.910. The van der Waals surface area contributed by atoms with Gasteiger partial charge in [0.15, 0.2) is 0 Å². The fraction of sp³-hybridized carbons (Fsp3) is 0.571. The summed E-state index contributed by atoms with van der Waals surface area (Å²) in [6, 6.07) is 5.48. The topological polar surface area (TPSA) is 35.5 Å². The van der Waals surface area contributed by atoms with Crippen LogP contribution in [0.2, 0.25) is 5.02 Å². The van der Waals surface area contributed by atoms with Gasteiger partial charge in [-0.2, -0.15) is 0 Å². The zero-order chi connectivity index (χ0) is 13.7. The van der Waals surface area contributed by atoms with Gasteiger partial charge in [-0.25, -0.2) is 0 Å². The van der Waals surface area contributed by atoms with E-state index in [0.29, 0.717) is 22.6 Å². The first-order chi connectivity index (χ1) is 9.19. The maximum absolute atomic E-state index is 12.0.